The number of anilines is 1. The number of hydrogen-bond acceptors (Lipinski definition) is 6. The van der Waals surface area contributed by atoms with E-state index in [0.29, 0.717) is 18.7 Å². The largest absolute Gasteiger partial charge is 0.480 e. The molecule has 7 nitrogen and oxygen atoms in total. The molecule has 2 aromatic carbocycles. The van der Waals surface area contributed by atoms with Gasteiger partial charge in [0, 0.05) is 38.1 Å². The minimum atomic E-state index is -4.65. The summed E-state index contributed by atoms with van der Waals surface area (Å²) in [5.41, 5.74) is 1.17. The number of carbonyl (C=O) groups is 1. The summed E-state index contributed by atoms with van der Waals surface area (Å²) in [7, 11) is -3.69. The van der Waals surface area contributed by atoms with Crippen LogP contribution in [0, 0.1) is 11.3 Å². The highest BCUT2D eigenvalue weighted by Crippen LogP contribution is 2.30. The molecule has 0 aromatic heterocycles. The van der Waals surface area contributed by atoms with Crippen molar-refractivity contribution in [3.63, 3.8) is 0 Å². The lowest BCUT2D eigenvalue weighted by Crippen LogP contribution is -2.49. The highest BCUT2D eigenvalue weighted by atomic mass is 32.2. The minimum Gasteiger partial charge on any atom is -0.480 e. The van der Waals surface area contributed by atoms with Crippen LogP contribution in [0.1, 0.15) is 22.8 Å². The summed E-state index contributed by atoms with van der Waals surface area (Å²) in [6.07, 6.45) is -5.88. The van der Waals surface area contributed by atoms with E-state index in [9.17, 15) is 26.4 Å². The molecule has 1 atom stereocenters. The van der Waals surface area contributed by atoms with Gasteiger partial charge in [0.05, 0.1) is 22.1 Å². The normalized spacial score (nSPS) is 15.6. The number of piperazine rings is 1. The van der Waals surface area contributed by atoms with Crippen molar-refractivity contribution in [2.45, 2.75) is 24.1 Å². The molecule has 1 fully saturated rings. The van der Waals surface area contributed by atoms with E-state index in [-0.39, 0.29) is 29.3 Å². The molecule has 1 aliphatic rings. The molecule has 1 aliphatic heterocycles. The van der Waals surface area contributed by atoms with E-state index < -0.39 is 28.0 Å². The second-order valence-electron chi connectivity index (χ2n) is 7.67. The lowest BCUT2D eigenvalue weighted by molar-refractivity contribution is -0.189. The van der Waals surface area contributed by atoms with Gasteiger partial charge in [-0.25, -0.2) is 8.42 Å². The van der Waals surface area contributed by atoms with Crippen molar-refractivity contribution in [3.05, 3.63) is 53.6 Å². The van der Waals surface area contributed by atoms with Crippen LogP contribution in [-0.2, 0) is 9.84 Å². The van der Waals surface area contributed by atoms with Gasteiger partial charge >= 0.3 is 6.18 Å². The molecule has 3 rings (SSSR count). The number of nitrogens with zero attached hydrogens (tertiary/aromatic N) is 3. The van der Waals surface area contributed by atoms with Gasteiger partial charge in [0.1, 0.15) is 5.75 Å². The molecule has 1 saturated heterocycles. The van der Waals surface area contributed by atoms with Crippen molar-refractivity contribution in [1.29, 1.82) is 5.26 Å². The summed E-state index contributed by atoms with van der Waals surface area (Å²) >= 11 is 0. The van der Waals surface area contributed by atoms with Crippen molar-refractivity contribution in [2.24, 2.45) is 0 Å². The fourth-order valence-electron chi connectivity index (χ4n) is 3.35. The molecule has 33 heavy (non-hydrogen) atoms. The van der Waals surface area contributed by atoms with Crippen molar-refractivity contribution in [1.82, 2.24) is 4.90 Å². The number of benzene rings is 2. The molecule has 2 aromatic rings. The summed E-state index contributed by atoms with van der Waals surface area (Å²) in [6, 6.07) is 12.3. The fourth-order valence-corrected chi connectivity index (χ4v) is 4.00. The first-order chi connectivity index (χ1) is 15.4. The molecule has 0 radical (unpaired) electrons. The van der Waals surface area contributed by atoms with Crippen molar-refractivity contribution < 1.29 is 31.1 Å². The maximum Gasteiger partial charge on any atom is 0.425 e. The van der Waals surface area contributed by atoms with Crippen LogP contribution in [0.5, 0.6) is 5.75 Å². The summed E-state index contributed by atoms with van der Waals surface area (Å²) in [4.78, 5) is 16.5. The van der Waals surface area contributed by atoms with Gasteiger partial charge in [-0.1, -0.05) is 0 Å². The molecule has 0 unspecified atom stereocenters. The molecule has 0 N–H and O–H groups in total. The third-order valence-corrected chi connectivity index (χ3v) is 6.41. The van der Waals surface area contributed by atoms with E-state index in [2.05, 4.69) is 0 Å². The number of rotatable bonds is 5. The van der Waals surface area contributed by atoms with E-state index in [1.807, 2.05) is 11.0 Å². The molecule has 0 saturated carbocycles. The van der Waals surface area contributed by atoms with Gasteiger partial charge < -0.3 is 14.5 Å². The van der Waals surface area contributed by atoms with Gasteiger partial charge in [-0.3, -0.25) is 4.79 Å². The molecule has 176 valence electrons. The lowest BCUT2D eigenvalue weighted by Gasteiger charge is -2.36. The topological polar surface area (TPSA) is 90.7 Å². The van der Waals surface area contributed by atoms with Crippen molar-refractivity contribution in [2.75, 3.05) is 37.3 Å². The quantitative estimate of drug-likeness (QED) is 0.651. The number of ether oxygens (including phenoxy) is 1. The van der Waals surface area contributed by atoms with Crippen LogP contribution in [0.2, 0.25) is 0 Å². The van der Waals surface area contributed by atoms with Gasteiger partial charge in [-0.2, -0.15) is 18.4 Å². The van der Waals surface area contributed by atoms with Crippen LogP contribution in [-0.4, -0.2) is 63.9 Å². The van der Waals surface area contributed by atoms with Gasteiger partial charge in [0.25, 0.3) is 5.91 Å². The van der Waals surface area contributed by atoms with E-state index in [0.717, 1.165) is 37.1 Å². The van der Waals surface area contributed by atoms with Crippen LogP contribution in [0.25, 0.3) is 0 Å². The summed E-state index contributed by atoms with van der Waals surface area (Å²) in [5.74, 6) is -0.934. The maximum absolute atomic E-state index is 13.2. The van der Waals surface area contributed by atoms with Crippen LogP contribution in [0.3, 0.4) is 0 Å². The highest BCUT2D eigenvalue weighted by Gasteiger charge is 2.39. The second-order valence-corrected chi connectivity index (χ2v) is 9.69. The molecule has 0 aliphatic carbocycles. The van der Waals surface area contributed by atoms with Crippen LogP contribution in [0.15, 0.2) is 47.4 Å². The molecular formula is C22H22F3N3O4S. The zero-order valence-electron chi connectivity index (χ0n) is 18.0. The Morgan fingerprint density at radius 1 is 1.09 bits per heavy atom. The molecule has 1 amide bonds. The Labute approximate surface area is 189 Å². The van der Waals surface area contributed by atoms with Crippen molar-refractivity contribution >= 4 is 21.4 Å². The smallest absolute Gasteiger partial charge is 0.425 e. The molecular weight excluding hydrogens is 459 g/mol. The monoisotopic (exact) mass is 481 g/mol. The van der Waals surface area contributed by atoms with Crippen molar-refractivity contribution in [3.8, 4) is 11.8 Å². The van der Waals surface area contributed by atoms with E-state index >= 15 is 0 Å². The molecule has 1 heterocycles. The predicted molar refractivity (Wildman–Crippen MR) is 115 cm³/mol. The first-order valence-corrected chi connectivity index (χ1v) is 11.9. The third-order valence-electron chi connectivity index (χ3n) is 5.30. The average molecular weight is 481 g/mol. The van der Waals surface area contributed by atoms with E-state index in [1.165, 1.54) is 4.90 Å². The first kappa shape index (κ1) is 24.4. The summed E-state index contributed by atoms with van der Waals surface area (Å²) in [6.45, 7) is 2.28. The fraction of sp³-hybridized carbons (Fsp3) is 0.364. The number of carbonyl (C=O) groups excluding carboxylic acids is 1. The Balaban J connectivity index is 1.82. The number of alkyl halides is 3. The van der Waals surface area contributed by atoms with Gasteiger partial charge in [-0.15, -0.1) is 0 Å². The van der Waals surface area contributed by atoms with Crippen LogP contribution in [0.4, 0.5) is 18.9 Å². The van der Waals surface area contributed by atoms with Gasteiger partial charge in [0.15, 0.2) is 15.9 Å². The predicted octanol–water partition coefficient (Wildman–Crippen LogP) is 3.25. The average Bonchev–Trinajstić information content (AvgIpc) is 2.77. The molecule has 0 spiro atoms. The minimum absolute atomic E-state index is 0.186. The Kier molecular flexibility index (Phi) is 6.88. The van der Waals surface area contributed by atoms with E-state index in [1.54, 1.807) is 24.3 Å². The third kappa shape index (κ3) is 5.76. The SMILES string of the molecule is C[C@H](Oc1ccc(S(C)(=O)=O)cc1C(=O)N1CCN(c2ccc(C#N)cc2)CC1)C(F)(F)F. The van der Waals surface area contributed by atoms with Gasteiger partial charge in [0.2, 0.25) is 0 Å². The number of amides is 1. The number of halogens is 3. The van der Waals surface area contributed by atoms with Crippen LogP contribution >= 0.6 is 0 Å². The number of nitriles is 1. The molecule has 0 bridgehead atoms. The lowest BCUT2D eigenvalue weighted by atomic mass is 10.1. The summed E-state index contributed by atoms with van der Waals surface area (Å²) < 4.78 is 67.9. The second kappa shape index (κ2) is 9.31. The zero-order valence-corrected chi connectivity index (χ0v) is 18.8. The van der Waals surface area contributed by atoms with Gasteiger partial charge in [-0.05, 0) is 49.4 Å². The maximum atomic E-state index is 13.2. The number of hydrogen-bond donors (Lipinski definition) is 0. The highest BCUT2D eigenvalue weighted by molar-refractivity contribution is 7.90. The Morgan fingerprint density at radius 3 is 2.21 bits per heavy atom. The zero-order chi connectivity index (χ0) is 24.4. The Morgan fingerprint density at radius 2 is 1.70 bits per heavy atom. The number of sulfone groups is 1. The molecule has 11 heteroatoms. The first-order valence-electron chi connectivity index (χ1n) is 10.0. The van der Waals surface area contributed by atoms with Crippen LogP contribution < -0.4 is 9.64 Å². The standard InChI is InChI=1S/C22H22F3N3O4S/c1-15(22(23,24)25)32-20-8-7-18(33(2,30)31)13-19(20)21(29)28-11-9-27(10-12-28)17-5-3-16(14-26)4-6-17/h3-8,13,15H,9-12H2,1-2H3/t15-/m0/s1. The Bertz CT molecular complexity index is 1170. The van der Waals surface area contributed by atoms with E-state index in [4.69, 9.17) is 10.00 Å². The summed E-state index contributed by atoms with van der Waals surface area (Å²) in [5, 5.41) is 8.92. The Hall–Kier alpha value is -3.26.